The Morgan fingerprint density at radius 2 is 1.65 bits per heavy atom. The number of rotatable bonds is 2. The molecule has 5 nitrogen and oxygen atoms in total. The number of benzene rings is 2. The van der Waals surface area contributed by atoms with Gasteiger partial charge in [0.25, 0.3) is 0 Å². The molecule has 0 amide bonds. The summed E-state index contributed by atoms with van der Waals surface area (Å²) >= 11 is 6.93. The largest absolute Gasteiger partial charge is 0.871 e. The van der Waals surface area contributed by atoms with Crippen molar-refractivity contribution < 1.29 is 19.3 Å². The van der Waals surface area contributed by atoms with Crippen LogP contribution in [0, 0.1) is 0 Å². The minimum absolute atomic E-state index is 0.115. The molecule has 0 fully saturated rings. The van der Waals surface area contributed by atoms with Crippen molar-refractivity contribution in [2.24, 2.45) is 7.05 Å². The Hall–Kier alpha value is -3.29. The van der Waals surface area contributed by atoms with Crippen LogP contribution in [-0.2, 0) is 16.6 Å². The van der Waals surface area contributed by atoms with Gasteiger partial charge in [0.05, 0.1) is 0 Å². The Balaban J connectivity index is 1.56. The van der Waals surface area contributed by atoms with Crippen molar-refractivity contribution in [1.82, 2.24) is 0 Å². The summed E-state index contributed by atoms with van der Waals surface area (Å²) in [6, 6.07) is 15.5. The number of hydrogen-bond acceptors (Lipinski definition) is 4. The van der Waals surface area contributed by atoms with E-state index >= 15 is 0 Å². The van der Waals surface area contributed by atoms with E-state index in [1.165, 1.54) is 12.2 Å². The number of carbonyl (C=O) groups excluding carboxylic acids is 2. The molecule has 1 aromatic heterocycles. The summed E-state index contributed by atoms with van der Waals surface area (Å²) in [5.41, 5.74) is 3.96. The van der Waals surface area contributed by atoms with Gasteiger partial charge in [0.1, 0.15) is 7.05 Å². The fourth-order valence-corrected chi connectivity index (χ4v) is 4.98. The lowest BCUT2D eigenvalue weighted by molar-refractivity contribution is -0.646. The molecule has 2 aromatic carbocycles. The summed E-state index contributed by atoms with van der Waals surface area (Å²) < 4.78 is 3.81. The molecular weight excluding hydrogens is 560 g/mol. The van der Waals surface area contributed by atoms with Crippen molar-refractivity contribution in [2.75, 3.05) is 11.9 Å². The van der Waals surface area contributed by atoms with Gasteiger partial charge in [-0.25, -0.2) is 0 Å². The number of likely N-dealkylation sites (N-methyl/N-ethyl adjacent to an activating group) is 1. The van der Waals surface area contributed by atoms with E-state index in [4.69, 9.17) is 0 Å². The molecule has 1 aliphatic heterocycles. The van der Waals surface area contributed by atoms with Crippen LogP contribution in [0.25, 0.3) is 23.1 Å². The van der Waals surface area contributed by atoms with E-state index < -0.39 is 17.3 Å². The molecular formula is C27H18Br2N2O3. The highest BCUT2D eigenvalue weighted by molar-refractivity contribution is 9.10. The van der Waals surface area contributed by atoms with Crippen LogP contribution < -0.4 is 14.6 Å². The van der Waals surface area contributed by atoms with Crippen LogP contribution >= 0.6 is 31.9 Å². The van der Waals surface area contributed by atoms with Crippen molar-refractivity contribution in [1.29, 1.82) is 0 Å². The predicted molar refractivity (Wildman–Crippen MR) is 138 cm³/mol. The van der Waals surface area contributed by atoms with Gasteiger partial charge in [0.2, 0.25) is 22.8 Å². The average Bonchev–Trinajstić information content (AvgIpc) is 3.00. The molecule has 3 aromatic rings. The van der Waals surface area contributed by atoms with E-state index in [0.717, 1.165) is 31.1 Å². The van der Waals surface area contributed by atoms with Crippen LogP contribution in [-0.4, -0.2) is 18.6 Å². The van der Waals surface area contributed by atoms with Crippen LogP contribution in [0.4, 0.5) is 5.69 Å². The van der Waals surface area contributed by atoms with E-state index in [9.17, 15) is 14.7 Å². The standard InChI is InChI=1S/C27H18Br2N2O3/c1-30-19(7-3-15-11-17(28)5-9-23(15)30)13-21-25(32)22(27(34)26(21)33)14-20-8-4-16-12-18(29)6-10-24(16)31(20)2/h3-14H,1-2H3. The lowest BCUT2D eigenvalue weighted by atomic mass is 10.0. The first kappa shape index (κ1) is 22.5. The van der Waals surface area contributed by atoms with Gasteiger partial charge in [-0.2, -0.15) is 4.57 Å². The molecule has 5 rings (SSSR count). The summed E-state index contributed by atoms with van der Waals surface area (Å²) in [5.74, 6) is -2.11. The first-order chi connectivity index (χ1) is 16.2. The summed E-state index contributed by atoms with van der Waals surface area (Å²) in [4.78, 5) is 27.4. The van der Waals surface area contributed by atoms with Crippen LogP contribution in [0.2, 0.25) is 0 Å². The quantitative estimate of drug-likeness (QED) is 0.257. The number of carbonyl (C=O) groups is 2. The Labute approximate surface area is 213 Å². The third-order valence-electron chi connectivity index (χ3n) is 6.11. The van der Waals surface area contributed by atoms with E-state index in [1.54, 1.807) is 0 Å². The van der Waals surface area contributed by atoms with Gasteiger partial charge in [-0.15, -0.1) is 0 Å². The number of pyridine rings is 1. The molecule has 2 heterocycles. The van der Waals surface area contributed by atoms with Gasteiger partial charge >= 0.3 is 0 Å². The zero-order valence-electron chi connectivity index (χ0n) is 18.3. The number of allylic oxidation sites excluding steroid dienone is 4. The summed E-state index contributed by atoms with van der Waals surface area (Å²) in [6.45, 7) is 0. The van der Waals surface area contributed by atoms with Gasteiger partial charge < -0.3 is 10.0 Å². The second-order valence-corrected chi connectivity index (χ2v) is 9.98. The highest BCUT2D eigenvalue weighted by atomic mass is 79.9. The lowest BCUT2D eigenvalue weighted by Crippen LogP contribution is -2.33. The molecule has 0 unspecified atom stereocenters. The van der Waals surface area contributed by atoms with Crippen molar-refractivity contribution in [3.63, 3.8) is 0 Å². The molecule has 34 heavy (non-hydrogen) atoms. The number of ketones is 2. The molecule has 0 atom stereocenters. The zero-order chi connectivity index (χ0) is 24.1. The Morgan fingerprint density at radius 1 is 0.912 bits per heavy atom. The number of aromatic nitrogens is 1. The summed E-state index contributed by atoms with van der Waals surface area (Å²) in [5, 5.41) is 14.2. The maximum atomic E-state index is 13.2. The molecule has 7 heteroatoms. The van der Waals surface area contributed by atoms with Crippen molar-refractivity contribution >= 4 is 72.2 Å². The number of halogens is 2. The Morgan fingerprint density at radius 3 is 2.44 bits per heavy atom. The molecule has 0 bridgehead atoms. The number of Topliss-reactive ketones (excluding diaryl/α,β-unsaturated/α-hetero) is 2. The van der Waals surface area contributed by atoms with E-state index in [1.807, 2.05) is 84.2 Å². The smallest absolute Gasteiger partial charge is 0.233 e. The van der Waals surface area contributed by atoms with Gasteiger partial charge in [-0.05, 0) is 54.1 Å². The number of fused-ring (bicyclic) bond motifs is 2. The summed E-state index contributed by atoms with van der Waals surface area (Å²) in [6.07, 6.45) is 6.75. The van der Waals surface area contributed by atoms with E-state index in [0.29, 0.717) is 11.4 Å². The molecule has 168 valence electrons. The second-order valence-electron chi connectivity index (χ2n) is 8.14. The Kier molecular flexibility index (Phi) is 5.62. The molecule has 2 aliphatic rings. The first-order valence-corrected chi connectivity index (χ1v) is 12.1. The van der Waals surface area contributed by atoms with E-state index in [2.05, 4.69) is 31.9 Å². The molecule has 0 saturated heterocycles. The minimum Gasteiger partial charge on any atom is -0.871 e. The minimum atomic E-state index is -0.778. The van der Waals surface area contributed by atoms with Crippen LogP contribution in [0.3, 0.4) is 0 Å². The van der Waals surface area contributed by atoms with E-state index in [-0.39, 0.29) is 11.1 Å². The number of hydrogen-bond donors (Lipinski definition) is 0. The lowest BCUT2D eigenvalue weighted by Gasteiger charge is -2.27. The SMILES string of the molecule is CN1/C(=C/C2=C([O-])C(=C\c3ccc4cc(Br)ccc4[n+]3C)/C(=O)C2=O)C=Cc2cc(Br)ccc21. The number of aryl methyl sites for hydroxylation is 1. The van der Waals surface area contributed by atoms with Gasteiger partial charge in [0, 0.05) is 62.1 Å². The number of nitrogens with zero attached hydrogens (tertiary/aromatic N) is 2. The zero-order valence-corrected chi connectivity index (χ0v) is 21.5. The van der Waals surface area contributed by atoms with Crippen LogP contribution in [0.5, 0.6) is 0 Å². The predicted octanol–water partition coefficient (Wildman–Crippen LogP) is 4.39. The fourth-order valence-electron chi connectivity index (χ4n) is 4.22. The van der Waals surface area contributed by atoms with Crippen molar-refractivity contribution in [3.05, 3.63) is 103 Å². The number of anilines is 1. The molecule has 0 N–H and O–H groups in total. The highest BCUT2D eigenvalue weighted by Gasteiger charge is 2.32. The fraction of sp³-hybridized carbons (Fsp3) is 0.0741. The van der Waals surface area contributed by atoms with Gasteiger partial charge in [-0.1, -0.05) is 43.7 Å². The third kappa shape index (κ3) is 3.75. The topological polar surface area (TPSA) is 64.3 Å². The van der Waals surface area contributed by atoms with Crippen LogP contribution in [0.1, 0.15) is 11.3 Å². The van der Waals surface area contributed by atoms with Crippen molar-refractivity contribution in [3.8, 4) is 0 Å². The normalized spacial score (nSPS) is 18.1. The van der Waals surface area contributed by atoms with Crippen molar-refractivity contribution in [2.45, 2.75) is 0 Å². The highest BCUT2D eigenvalue weighted by Crippen LogP contribution is 2.34. The van der Waals surface area contributed by atoms with Gasteiger partial charge in [0.15, 0.2) is 0 Å². The van der Waals surface area contributed by atoms with Gasteiger partial charge in [-0.3, -0.25) is 9.59 Å². The maximum Gasteiger partial charge on any atom is 0.233 e. The molecule has 0 spiro atoms. The molecule has 1 aliphatic carbocycles. The molecule has 0 saturated carbocycles. The second kappa shape index (κ2) is 8.49. The average molecular weight is 578 g/mol. The maximum absolute atomic E-state index is 13.2. The molecule has 0 radical (unpaired) electrons. The monoisotopic (exact) mass is 576 g/mol. The first-order valence-electron chi connectivity index (χ1n) is 10.5. The Bertz CT molecular complexity index is 1550. The summed E-state index contributed by atoms with van der Waals surface area (Å²) in [7, 11) is 3.72. The third-order valence-corrected chi connectivity index (χ3v) is 7.10. The van der Waals surface area contributed by atoms with Crippen LogP contribution in [0.15, 0.2) is 92.2 Å².